The van der Waals surface area contributed by atoms with Gasteiger partial charge in [-0.1, -0.05) is 29.8 Å². The van der Waals surface area contributed by atoms with Gasteiger partial charge in [-0.2, -0.15) is 0 Å². The number of hydrogen-bond acceptors (Lipinski definition) is 8. The molecule has 41 heavy (non-hydrogen) atoms. The number of esters is 1. The number of carbonyl (C=O) groups is 2. The smallest absolute Gasteiger partial charge is 0.410 e. The maximum absolute atomic E-state index is 13.3. The summed E-state index contributed by atoms with van der Waals surface area (Å²) in [5.74, 6) is 0.353. The molecular formula is C30H33N3O7S. The van der Waals surface area contributed by atoms with E-state index in [1.807, 2.05) is 6.92 Å². The largest absolute Gasteiger partial charge is 0.467 e. The number of ether oxygens (including phenoxy) is 3. The van der Waals surface area contributed by atoms with Gasteiger partial charge in [0.05, 0.1) is 17.4 Å². The summed E-state index contributed by atoms with van der Waals surface area (Å²) in [7, 11) is -1.09. The third kappa shape index (κ3) is 6.68. The molecule has 2 aromatic carbocycles. The molecule has 0 saturated heterocycles. The molecule has 1 unspecified atom stereocenters. The highest BCUT2D eigenvalue weighted by molar-refractivity contribution is 7.90. The van der Waals surface area contributed by atoms with Gasteiger partial charge in [0, 0.05) is 25.9 Å². The Morgan fingerprint density at radius 3 is 2.27 bits per heavy atom. The zero-order valence-corrected chi connectivity index (χ0v) is 24.6. The Balaban J connectivity index is 1.54. The summed E-state index contributed by atoms with van der Waals surface area (Å²) < 4.78 is 44.1. The van der Waals surface area contributed by atoms with E-state index in [4.69, 9.17) is 14.2 Å². The molecule has 4 rings (SSSR count). The van der Waals surface area contributed by atoms with Crippen LogP contribution in [-0.4, -0.2) is 60.1 Å². The lowest BCUT2D eigenvalue weighted by Gasteiger charge is -2.29. The Bertz CT molecular complexity index is 1660. The highest BCUT2D eigenvalue weighted by atomic mass is 32.2. The van der Waals surface area contributed by atoms with Crippen LogP contribution < -0.4 is 4.74 Å². The first-order valence-corrected chi connectivity index (χ1v) is 14.3. The molecule has 0 aliphatic carbocycles. The minimum absolute atomic E-state index is 0.159. The fourth-order valence-corrected chi connectivity index (χ4v) is 5.42. The van der Waals surface area contributed by atoms with Gasteiger partial charge in [-0.05, 0) is 69.7 Å². The van der Waals surface area contributed by atoms with E-state index in [0.717, 1.165) is 15.1 Å². The first-order valence-electron chi connectivity index (χ1n) is 12.9. The third-order valence-electron chi connectivity index (χ3n) is 6.29. The summed E-state index contributed by atoms with van der Waals surface area (Å²) in [6, 6.07) is 16.0. The number of likely N-dealkylation sites (N-methyl/N-ethyl adjacent to an activating group) is 1. The van der Waals surface area contributed by atoms with Crippen molar-refractivity contribution in [3.8, 4) is 11.5 Å². The summed E-state index contributed by atoms with van der Waals surface area (Å²) in [4.78, 5) is 30.7. The molecule has 0 spiro atoms. The molecule has 10 nitrogen and oxygen atoms in total. The molecular weight excluding hydrogens is 546 g/mol. The van der Waals surface area contributed by atoms with E-state index in [9.17, 15) is 18.0 Å². The van der Waals surface area contributed by atoms with Crippen LogP contribution in [0.4, 0.5) is 4.79 Å². The Hall–Kier alpha value is -4.38. The number of methoxy groups -OCH3 is 1. The standard InChI is InChI=1S/C30H33N3O7S/c1-20-7-13-23(14-8-20)41(36,37)33-18-16-24-26(15-17-31-27(24)33)39-22-11-9-21(10-12-22)19-25(28(34)38-6)32(5)29(35)40-30(2,3)4/h7-18,25H,19H2,1-6H3. The second-order valence-electron chi connectivity index (χ2n) is 10.6. The molecule has 0 fully saturated rings. The van der Waals surface area contributed by atoms with Crippen molar-refractivity contribution in [1.82, 2.24) is 13.9 Å². The fourth-order valence-electron chi connectivity index (χ4n) is 4.12. The maximum atomic E-state index is 13.3. The molecule has 1 amide bonds. The second-order valence-corrected chi connectivity index (χ2v) is 12.4. The lowest BCUT2D eigenvalue weighted by Crippen LogP contribution is -2.46. The van der Waals surface area contributed by atoms with Crippen molar-refractivity contribution in [2.24, 2.45) is 0 Å². The molecule has 11 heteroatoms. The van der Waals surface area contributed by atoms with Crippen molar-refractivity contribution in [3.63, 3.8) is 0 Å². The van der Waals surface area contributed by atoms with Gasteiger partial charge < -0.3 is 14.2 Å². The molecule has 216 valence electrons. The molecule has 2 aromatic heterocycles. The minimum atomic E-state index is -3.85. The van der Waals surface area contributed by atoms with Crippen molar-refractivity contribution < 1.29 is 32.2 Å². The van der Waals surface area contributed by atoms with E-state index < -0.39 is 33.7 Å². The van der Waals surface area contributed by atoms with Gasteiger partial charge in [0.25, 0.3) is 10.0 Å². The van der Waals surface area contributed by atoms with Crippen molar-refractivity contribution in [3.05, 3.63) is 84.2 Å². The Morgan fingerprint density at radius 1 is 1.00 bits per heavy atom. The summed E-state index contributed by atoms with van der Waals surface area (Å²) >= 11 is 0. The molecule has 0 aliphatic rings. The lowest BCUT2D eigenvalue weighted by atomic mass is 10.0. The summed E-state index contributed by atoms with van der Waals surface area (Å²) in [5.41, 5.74) is 1.25. The molecule has 2 heterocycles. The van der Waals surface area contributed by atoms with Crippen LogP contribution in [0.1, 0.15) is 31.9 Å². The van der Waals surface area contributed by atoms with Gasteiger partial charge >= 0.3 is 12.1 Å². The number of aryl methyl sites for hydroxylation is 1. The number of fused-ring (bicyclic) bond motifs is 1. The molecule has 0 radical (unpaired) electrons. The van der Waals surface area contributed by atoms with Crippen LogP contribution in [0.5, 0.6) is 11.5 Å². The zero-order chi connectivity index (χ0) is 29.9. The van der Waals surface area contributed by atoms with Crippen LogP contribution >= 0.6 is 0 Å². The summed E-state index contributed by atoms with van der Waals surface area (Å²) in [5, 5.41) is 0.525. The molecule has 0 N–H and O–H groups in total. The van der Waals surface area contributed by atoms with Crippen LogP contribution in [0.3, 0.4) is 0 Å². The molecule has 0 bridgehead atoms. The topological polar surface area (TPSA) is 117 Å². The normalized spacial score (nSPS) is 12.5. The quantitative estimate of drug-likeness (QED) is 0.257. The second kappa shape index (κ2) is 11.6. The number of carbonyl (C=O) groups excluding carboxylic acids is 2. The van der Waals surface area contributed by atoms with Gasteiger partial charge in [-0.25, -0.2) is 27.0 Å². The summed E-state index contributed by atoms with van der Waals surface area (Å²) in [6.45, 7) is 7.14. The van der Waals surface area contributed by atoms with Gasteiger partial charge in [0.15, 0.2) is 5.65 Å². The van der Waals surface area contributed by atoms with Crippen molar-refractivity contribution in [2.75, 3.05) is 14.2 Å². The van der Waals surface area contributed by atoms with Gasteiger partial charge in [0.1, 0.15) is 23.1 Å². The zero-order valence-electron chi connectivity index (χ0n) is 23.8. The lowest BCUT2D eigenvalue weighted by molar-refractivity contribution is -0.146. The van der Waals surface area contributed by atoms with E-state index in [1.165, 1.54) is 31.5 Å². The molecule has 0 aliphatic heterocycles. The average molecular weight is 580 g/mol. The van der Waals surface area contributed by atoms with E-state index >= 15 is 0 Å². The Labute approximate surface area is 239 Å². The SMILES string of the molecule is COC(=O)C(Cc1ccc(Oc2ccnc3c2ccn3S(=O)(=O)c2ccc(C)cc2)cc1)N(C)C(=O)OC(C)(C)C. The summed E-state index contributed by atoms with van der Waals surface area (Å²) in [6.07, 6.45) is 2.50. The number of aromatic nitrogens is 2. The van der Waals surface area contributed by atoms with Crippen LogP contribution in [0.15, 0.2) is 78.0 Å². The average Bonchev–Trinajstić information content (AvgIpc) is 3.37. The van der Waals surface area contributed by atoms with Gasteiger partial charge in [0.2, 0.25) is 0 Å². The molecule has 1 atom stereocenters. The van der Waals surface area contributed by atoms with Gasteiger partial charge in [-0.15, -0.1) is 0 Å². The van der Waals surface area contributed by atoms with Gasteiger partial charge in [-0.3, -0.25) is 4.90 Å². The Kier molecular flexibility index (Phi) is 8.39. The predicted octanol–water partition coefficient (Wildman–Crippen LogP) is 5.33. The first kappa shape index (κ1) is 29.6. The number of amides is 1. The minimum Gasteiger partial charge on any atom is -0.467 e. The van der Waals surface area contributed by atoms with Crippen LogP contribution in [0.2, 0.25) is 0 Å². The van der Waals surface area contributed by atoms with Crippen LogP contribution in [0, 0.1) is 6.92 Å². The van der Waals surface area contributed by atoms with Crippen LogP contribution in [0.25, 0.3) is 11.0 Å². The number of hydrogen-bond donors (Lipinski definition) is 0. The number of benzene rings is 2. The Morgan fingerprint density at radius 2 is 1.66 bits per heavy atom. The van der Waals surface area contributed by atoms with Crippen molar-refractivity contribution >= 4 is 33.1 Å². The fraction of sp³-hybridized carbons (Fsp3) is 0.300. The van der Waals surface area contributed by atoms with Crippen LogP contribution in [-0.2, 0) is 30.7 Å². The van der Waals surface area contributed by atoms with Crippen molar-refractivity contribution in [2.45, 2.75) is 50.7 Å². The molecule has 4 aromatic rings. The third-order valence-corrected chi connectivity index (χ3v) is 7.98. The number of pyridine rings is 1. The monoisotopic (exact) mass is 579 g/mol. The van der Waals surface area contributed by atoms with E-state index in [1.54, 1.807) is 81.4 Å². The van der Waals surface area contributed by atoms with E-state index in [0.29, 0.717) is 16.9 Å². The predicted molar refractivity (Wildman–Crippen MR) is 154 cm³/mol. The molecule has 0 saturated carbocycles. The first-order chi connectivity index (χ1) is 19.3. The van der Waals surface area contributed by atoms with E-state index in [2.05, 4.69) is 4.98 Å². The van der Waals surface area contributed by atoms with E-state index in [-0.39, 0.29) is 17.0 Å². The number of rotatable bonds is 8. The maximum Gasteiger partial charge on any atom is 0.410 e. The highest BCUT2D eigenvalue weighted by Crippen LogP contribution is 2.31. The number of nitrogens with zero attached hydrogens (tertiary/aromatic N) is 3. The highest BCUT2D eigenvalue weighted by Gasteiger charge is 2.31. The van der Waals surface area contributed by atoms with Crippen molar-refractivity contribution in [1.29, 1.82) is 0 Å².